The fourth-order valence-corrected chi connectivity index (χ4v) is 2.66. The van der Waals surface area contributed by atoms with Crippen LogP contribution in [0.15, 0.2) is 44.2 Å². The molecule has 0 aliphatic heterocycles. The minimum Gasteiger partial charge on any atom is -0.319 e. The van der Waals surface area contributed by atoms with Gasteiger partial charge in [0, 0.05) is 21.4 Å². The molecule has 0 bridgehead atoms. The molecular formula is C12H6Br2CuN2O+2. The van der Waals surface area contributed by atoms with Gasteiger partial charge in [-0.25, -0.2) is 0 Å². The summed E-state index contributed by atoms with van der Waals surface area (Å²) in [5.74, 6) is 0. The van der Waals surface area contributed by atoms with E-state index in [0.717, 1.165) is 26.3 Å². The largest absolute Gasteiger partial charge is 2.00 e. The van der Waals surface area contributed by atoms with Crippen LogP contribution in [0, 0.1) is 0 Å². The number of aromatic amines is 1. The molecule has 3 nitrogen and oxygen atoms in total. The van der Waals surface area contributed by atoms with E-state index in [9.17, 15) is 4.79 Å². The van der Waals surface area contributed by atoms with Gasteiger partial charge in [-0.15, -0.1) is 0 Å². The van der Waals surface area contributed by atoms with Crippen molar-refractivity contribution < 1.29 is 17.1 Å². The molecule has 0 fully saturated rings. The third kappa shape index (κ3) is 2.03. The average molecular weight is 418 g/mol. The van der Waals surface area contributed by atoms with Crippen LogP contribution in [-0.4, -0.2) is 9.97 Å². The summed E-state index contributed by atoms with van der Waals surface area (Å²) in [5, 5.41) is 1.94. The van der Waals surface area contributed by atoms with Gasteiger partial charge < -0.3 is 4.98 Å². The van der Waals surface area contributed by atoms with Crippen molar-refractivity contribution >= 4 is 53.7 Å². The van der Waals surface area contributed by atoms with Crippen molar-refractivity contribution in [3.63, 3.8) is 0 Å². The molecule has 0 unspecified atom stereocenters. The van der Waals surface area contributed by atoms with E-state index in [2.05, 4.69) is 41.8 Å². The van der Waals surface area contributed by atoms with Crippen molar-refractivity contribution in [2.75, 3.05) is 0 Å². The van der Waals surface area contributed by atoms with Crippen LogP contribution in [0.5, 0.6) is 0 Å². The molecule has 3 rings (SSSR count). The monoisotopic (exact) mass is 415 g/mol. The Bertz CT molecular complexity index is 801. The molecule has 0 saturated carbocycles. The third-order valence-corrected chi connectivity index (χ3v) is 4.75. The second-order valence-electron chi connectivity index (χ2n) is 3.65. The van der Waals surface area contributed by atoms with Crippen LogP contribution in [-0.2, 0) is 17.1 Å². The van der Waals surface area contributed by atoms with Gasteiger partial charge in [-0.3, -0.25) is 9.78 Å². The number of aromatic nitrogens is 2. The normalized spacial score (nSPS) is 10.6. The minimum absolute atomic E-state index is 0. The first kappa shape index (κ1) is 13.7. The van der Waals surface area contributed by atoms with Crippen molar-refractivity contribution in [1.29, 1.82) is 0 Å². The second-order valence-corrected chi connectivity index (χ2v) is 5.23. The molecule has 2 aromatic heterocycles. The van der Waals surface area contributed by atoms with E-state index in [1.165, 1.54) is 0 Å². The molecule has 0 saturated heterocycles. The number of pyridine rings is 2. The van der Waals surface area contributed by atoms with Crippen molar-refractivity contribution in [3.8, 4) is 0 Å². The number of halogens is 2. The summed E-state index contributed by atoms with van der Waals surface area (Å²) in [7, 11) is 0. The molecule has 1 radical (unpaired) electrons. The molecule has 2 heterocycles. The smallest absolute Gasteiger partial charge is 0.319 e. The summed E-state index contributed by atoms with van der Waals surface area (Å²) in [6.45, 7) is 0. The van der Waals surface area contributed by atoms with Gasteiger partial charge in [-0.05, 0) is 37.9 Å². The van der Waals surface area contributed by atoms with Crippen molar-refractivity contribution in [1.82, 2.24) is 9.97 Å². The number of rotatable bonds is 0. The number of H-pyrrole nitrogens is 1. The maximum Gasteiger partial charge on any atom is 2.00 e. The number of fused-ring (bicyclic) bond motifs is 3. The SMILES string of the molecule is O=c1[nH]c2c(ccc3cccnc32)c(Br)c1Br.[Cu+2]. The maximum atomic E-state index is 11.7. The summed E-state index contributed by atoms with van der Waals surface area (Å²) in [6, 6.07) is 7.79. The summed E-state index contributed by atoms with van der Waals surface area (Å²) < 4.78 is 1.25. The second kappa shape index (κ2) is 5.13. The Hall–Kier alpha value is -0.681. The molecule has 1 N–H and O–H groups in total. The summed E-state index contributed by atoms with van der Waals surface area (Å²) in [6.07, 6.45) is 1.72. The molecule has 0 aliphatic carbocycles. The van der Waals surface area contributed by atoms with E-state index in [1.54, 1.807) is 6.20 Å². The summed E-state index contributed by atoms with van der Waals surface area (Å²) in [4.78, 5) is 18.9. The molecule has 0 spiro atoms. The third-order valence-electron chi connectivity index (χ3n) is 2.64. The number of benzene rings is 1. The van der Waals surface area contributed by atoms with E-state index < -0.39 is 0 Å². The molecule has 3 aromatic rings. The molecule has 0 aliphatic rings. The Morgan fingerprint density at radius 2 is 1.89 bits per heavy atom. The fourth-order valence-electron chi connectivity index (χ4n) is 1.84. The summed E-state index contributed by atoms with van der Waals surface area (Å²) in [5.41, 5.74) is 1.39. The zero-order valence-corrected chi connectivity index (χ0v) is 12.9. The van der Waals surface area contributed by atoms with Crippen molar-refractivity contribution in [3.05, 3.63) is 49.8 Å². The van der Waals surface area contributed by atoms with Crippen molar-refractivity contribution in [2.24, 2.45) is 0 Å². The van der Waals surface area contributed by atoms with Gasteiger partial charge in [0.05, 0.1) is 15.5 Å². The fraction of sp³-hybridized carbons (Fsp3) is 0. The zero-order chi connectivity index (χ0) is 12.0. The number of nitrogens with one attached hydrogen (secondary N) is 1. The van der Waals surface area contributed by atoms with Crippen LogP contribution in [0.3, 0.4) is 0 Å². The number of nitrogens with zero attached hydrogens (tertiary/aromatic N) is 1. The number of hydrogen-bond donors (Lipinski definition) is 1. The zero-order valence-electron chi connectivity index (χ0n) is 8.80. The predicted octanol–water partition coefficient (Wildman–Crippen LogP) is 3.60. The van der Waals surface area contributed by atoms with Crippen LogP contribution >= 0.6 is 31.9 Å². The first-order chi connectivity index (χ1) is 8.18. The van der Waals surface area contributed by atoms with Gasteiger partial charge in [0.1, 0.15) is 0 Å². The standard InChI is InChI=1S/C12H6Br2N2O.Cu/c13-8-7-4-3-6-2-1-5-15-10(6)11(7)16-12(17)9(8)14;/h1-5H,(H,16,17);/q;+2. The van der Waals surface area contributed by atoms with Crippen LogP contribution in [0.4, 0.5) is 0 Å². The van der Waals surface area contributed by atoms with Gasteiger partial charge in [-0.2, -0.15) is 0 Å². The number of hydrogen-bond acceptors (Lipinski definition) is 2. The molecule has 1 aromatic carbocycles. The van der Waals surface area contributed by atoms with E-state index in [0.29, 0.717) is 4.47 Å². The topological polar surface area (TPSA) is 45.8 Å². The van der Waals surface area contributed by atoms with Crippen LogP contribution in [0.25, 0.3) is 21.8 Å². The molecule has 0 amide bonds. The van der Waals surface area contributed by atoms with Crippen molar-refractivity contribution in [2.45, 2.75) is 0 Å². The Labute approximate surface area is 130 Å². The van der Waals surface area contributed by atoms with E-state index in [-0.39, 0.29) is 22.6 Å². The Kier molecular flexibility index (Phi) is 3.92. The van der Waals surface area contributed by atoms with Gasteiger partial charge >= 0.3 is 17.1 Å². The molecule has 18 heavy (non-hydrogen) atoms. The van der Waals surface area contributed by atoms with Gasteiger partial charge in [0.15, 0.2) is 0 Å². The Morgan fingerprint density at radius 3 is 2.67 bits per heavy atom. The molecule has 0 atom stereocenters. The van der Waals surface area contributed by atoms with Gasteiger partial charge in [0.25, 0.3) is 5.56 Å². The first-order valence-corrected chi connectivity index (χ1v) is 6.52. The van der Waals surface area contributed by atoms with Gasteiger partial charge in [-0.1, -0.05) is 18.2 Å². The minimum atomic E-state index is -0.164. The molecular weight excluding hydrogens is 411 g/mol. The van der Waals surface area contributed by atoms with E-state index >= 15 is 0 Å². The van der Waals surface area contributed by atoms with E-state index in [4.69, 9.17) is 0 Å². The predicted molar refractivity (Wildman–Crippen MR) is 75.3 cm³/mol. The van der Waals surface area contributed by atoms with Gasteiger partial charge in [0.2, 0.25) is 0 Å². The quantitative estimate of drug-likeness (QED) is 0.449. The van der Waals surface area contributed by atoms with Crippen LogP contribution in [0.2, 0.25) is 0 Å². The molecule has 6 heteroatoms. The Balaban J connectivity index is 0.00000120. The molecule has 93 valence electrons. The van der Waals surface area contributed by atoms with Crippen LogP contribution in [0.1, 0.15) is 0 Å². The Morgan fingerprint density at radius 1 is 1.11 bits per heavy atom. The van der Waals surface area contributed by atoms with E-state index in [1.807, 2.05) is 24.3 Å². The average Bonchev–Trinajstić information content (AvgIpc) is 2.36. The summed E-state index contributed by atoms with van der Waals surface area (Å²) >= 11 is 6.68. The van der Waals surface area contributed by atoms with Crippen LogP contribution < -0.4 is 5.56 Å². The maximum absolute atomic E-state index is 11.7. The first-order valence-electron chi connectivity index (χ1n) is 4.93.